The van der Waals surface area contributed by atoms with E-state index in [1.54, 1.807) is 74.5 Å². The van der Waals surface area contributed by atoms with E-state index in [0.717, 1.165) is 83.8 Å². The van der Waals surface area contributed by atoms with Gasteiger partial charge in [0.25, 0.3) is 0 Å². The van der Waals surface area contributed by atoms with Crippen molar-refractivity contribution >= 4 is 0 Å². The molecule has 0 atom stereocenters. The van der Waals surface area contributed by atoms with Crippen LogP contribution in [0, 0.1) is 36.1 Å². The quantitative estimate of drug-likeness (QED) is 0.0627. The number of unbranched alkanes of at least 4 members (excludes halogenated alkanes) is 6. The lowest BCUT2D eigenvalue weighted by atomic mass is 9.97. The van der Waals surface area contributed by atoms with Gasteiger partial charge in [-0.3, -0.25) is 0 Å². The Bertz CT molecular complexity index is 1740. The molecule has 4 aromatic carbocycles. The lowest BCUT2D eigenvalue weighted by Crippen LogP contribution is -2.44. The van der Waals surface area contributed by atoms with Crippen LogP contribution in [-0.2, 0) is 9.47 Å². The Hall–Kier alpha value is -4.08. The summed E-state index contributed by atoms with van der Waals surface area (Å²) in [6, 6.07) is 20.3. The summed E-state index contributed by atoms with van der Waals surface area (Å²) in [6.45, 7) is 8.34. The van der Waals surface area contributed by atoms with Gasteiger partial charge in [0, 0.05) is 29.9 Å². The Kier molecular flexibility index (Phi) is 15.6. The van der Waals surface area contributed by atoms with Gasteiger partial charge in [0.05, 0.1) is 33.0 Å². The zero-order chi connectivity index (χ0) is 38.3. The lowest BCUT2D eigenvalue weighted by Gasteiger charge is -2.40. The molecule has 5 rings (SSSR count). The van der Waals surface area contributed by atoms with Crippen LogP contribution in [0.5, 0.6) is 17.2 Å². The summed E-state index contributed by atoms with van der Waals surface area (Å²) in [5, 5.41) is 0. The molecule has 0 aromatic heterocycles. The van der Waals surface area contributed by atoms with Gasteiger partial charge < -0.3 is 23.7 Å². The van der Waals surface area contributed by atoms with Crippen molar-refractivity contribution < 1.29 is 41.2 Å². The molecule has 0 bridgehead atoms. The van der Waals surface area contributed by atoms with Gasteiger partial charge in [-0.1, -0.05) is 69.0 Å². The van der Waals surface area contributed by atoms with Gasteiger partial charge >= 0.3 is 0 Å². The maximum Gasteiger partial charge on any atom is 0.201 e. The SMILES string of the molecule is CCOc1ccc(-c2ccc(OCCCCCCC3(CCCCCCOc4ccc(-c5ccc(C)c(F)c5F)cc4)OCC(CC)CO3)cc2)c(F)c1F. The molecule has 1 saturated heterocycles. The van der Waals surface area contributed by atoms with Gasteiger partial charge in [0.2, 0.25) is 5.82 Å². The minimum atomic E-state index is -0.980. The highest BCUT2D eigenvalue weighted by atomic mass is 19.2. The first-order chi connectivity index (χ1) is 26.2. The fourth-order valence-electron chi connectivity index (χ4n) is 6.71. The molecule has 0 N–H and O–H groups in total. The molecule has 0 amide bonds. The number of aryl methyl sites for hydroxylation is 1. The Balaban J connectivity index is 0.969. The van der Waals surface area contributed by atoms with Crippen molar-refractivity contribution in [1.82, 2.24) is 0 Å². The van der Waals surface area contributed by atoms with Gasteiger partial charge in [0.1, 0.15) is 11.5 Å². The third kappa shape index (κ3) is 11.2. The predicted molar refractivity (Wildman–Crippen MR) is 205 cm³/mol. The highest BCUT2D eigenvalue weighted by Gasteiger charge is 2.36. The van der Waals surface area contributed by atoms with Crippen LogP contribution >= 0.6 is 0 Å². The highest BCUT2D eigenvalue weighted by molar-refractivity contribution is 5.66. The standard InChI is InChI=1S/C45H54F4O5/c1-4-33-30-53-45(54-31-33,26-10-6-8-12-28-51-36-19-15-34(16-20-36)38-23-14-32(3)41(46)42(38)47)27-11-7-9-13-29-52-37-21-17-35(18-22-37)39-24-25-40(50-5-2)44(49)43(39)48/h14-25,33H,4-13,26-31H2,1-3H3. The number of ether oxygens (including phenoxy) is 5. The Morgan fingerprint density at radius 3 is 1.54 bits per heavy atom. The minimum absolute atomic E-state index is 0.0889. The van der Waals surface area contributed by atoms with Gasteiger partial charge in [0.15, 0.2) is 29.0 Å². The molecule has 0 unspecified atom stereocenters. The third-order valence-corrected chi connectivity index (χ3v) is 10.1. The second kappa shape index (κ2) is 20.6. The van der Waals surface area contributed by atoms with Crippen LogP contribution in [0.25, 0.3) is 22.3 Å². The van der Waals surface area contributed by atoms with Crippen LogP contribution in [0.3, 0.4) is 0 Å². The molecule has 1 aliphatic rings. The van der Waals surface area contributed by atoms with Crippen LogP contribution in [0.15, 0.2) is 72.8 Å². The summed E-state index contributed by atoms with van der Waals surface area (Å²) >= 11 is 0. The molecule has 1 aliphatic heterocycles. The number of halogens is 4. The summed E-state index contributed by atoms with van der Waals surface area (Å²) in [6.07, 6.45) is 10.8. The van der Waals surface area contributed by atoms with Crippen LogP contribution < -0.4 is 14.2 Å². The number of rotatable bonds is 21. The van der Waals surface area contributed by atoms with Gasteiger partial charge in [-0.15, -0.1) is 0 Å². The molecule has 4 aromatic rings. The molecule has 0 aliphatic carbocycles. The fraction of sp³-hybridized carbons (Fsp3) is 0.467. The fourth-order valence-corrected chi connectivity index (χ4v) is 6.71. The average Bonchev–Trinajstić information content (AvgIpc) is 3.19. The average molecular weight is 751 g/mol. The molecule has 5 nitrogen and oxygen atoms in total. The van der Waals surface area contributed by atoms with Crippen LogP contribution in [0.2, 0.25) is 0 Å². The second-order valence-corrected chi connectivity index (χ2v) is 14.1. The van der Waals surface area contributed by atoms with Crippen LogP contribution in [-0.4, -0.2) is 38.8 Å². The topological polar surface area (TPSA) is 46.2 Å². The number of hydrogen-bond donors (Lipinski definition) is 0. The van der Waals surface area contributed by atoms with E-state index in [9.17, 15) is 17.6 Å². The van der Waals surface area contributed by atoms with Gasteiger partial charge in [-0.05, 0) is 99.0 Å². The smallest absolute Gasteiger partial charge is 0.201 e. The normalized spacial score (nSPS) is 17.1. The zero-order valence-corrected chi connectivity index (χ0v) is 31.9. The first kappa shape index (κ1) is 41.1. The van der Waals surface area contributed by atoms with Crippen molar-refractivity contribution in [3.8, 4) is 39.5 Å². The summed E-state index contributed by atoms with van der Waals surface area (Å²) in [7, 11) is 0. The van der Waals surface area contributed by atoms with Crippen LogP contribution in [0.4, 0.5) is 17.6 Å². The van der Waals surface area contributed by atoms with E-state index in [4.69, 9.17) is 23.7 Å². The van der Waals surface area contributed by atoms with Crippen molar-refractivity contribution in [2.75, 3.05) is 33.0 Å². The van der Waals surface area contributed by atoms with Crippen molar-refractivity contribution in [2.45, 2.75) is 97.2 Å². The summed E-state index contributed by atoms with van der Waals surface area (Å²) in [4.78, 5) is 0. The first-order valence-electron chi connectivity index (χ1n) is 19.5. The van der Waals surface area contributed by atoms with Crippen molar-refractivity contribution in [3.05, 3.63) is 102 Å². The Morgan fingerprint density at radius 1 is 0.556 bits per heavy atom. The summed E-state index contributed by atoms with van der Waals surface area (Å²) in [5.41, 5.74) is 1.89. The molecule has 54 heavy (non-hydrogen) atoms. The zero-order valence-electron chi connectivity index (χ0n) is 31.9. The van der Waals surface area contributed by atoms with Crippen molar-refractivity contribution in [2.24, 2.45) is 5.92 Å². The van der Waals surface area contributed by atoms with E-state index in [1.807, 2.05) is 0 Å². The molecular formula is C45H54F4O5. The van der Waals surface area contributed by atoms with E-state index < -0.39 is 29.1 Å². The number of benzene rings is 4. The molecule has 1 fully saturated rings. The number of hydrogen-bond acceptors (Lipinski definition) is 5. The molecule has 9 heteroatoms. The van der Waals surface area contributed by atoms with E-state index in [-0.39, 0.29) is 29.0 Å². The van der Waals surface area contributed by atoms with E-state index in [1.165, 1.54) is 12.1 Å². The van der Waals surface area contributed by atoms with Crippen LogP contribution in [0.1, 0.15) is 90.0 Å². The molecule has 1 heterocycles. The monoisotopic (exact) mass is 750 g/mol. The van der Waals surface area contributed by atoms with E-state index in [2.05, 4.69) is 6.92 Å². The molecule has 0 saturated carbocycles. The Morgan fingerprint density at radius 2 is 1.04 bits per heavy atom. The molecule has 0 radical (unpaired) electrons. The maximum absolute atomic E-state index is 14.6. The highest BCUT2D eigenvalue weighted by Crippen LogP contribution is 2.34. The molecule has 0 spiro atoms. The molecular weight excluding hydrogens is 696 g/mol. The second-order valence-electron chi connectivity index (χ2n) is 14.1. The largest absolute Gasteiger partial charge is 0.494 e. The Labute approximate surface area is 317 Å². The van der Waals surface area contributed by atoms with E-state index in [0.29, 0.717) is 41.8 Å². The first-order valence-corrected chi connectivity index (χ1v) is 19.5. The van der Waals surface area contributed by atoms with Gasteiger partial charge in [-0.2, -0.15) is 4.39 Å². The van der Waals surface area contributed by atoms with Crippen molar-refractivity contribution in [3.63, 3.8) is 0 Å². The summed E-state index contributed by atoms with van der Waals surface area (Å²) in [5.74, 6) is -2.32. The predicted octanol–water partition coefficient (Wildman–Crippen LogP) is 12.4. The lowest BCUT2D eigenvalue weighted by molar-refractivity contribution is -0.290. The summed E-state index contributed by atoms with van der Waals surface area (Å²) < 4.78 is 87.1. The maximum atomic E-state index is 14.6. The van der Waals surface area contributed by atoms with Gasteiger partial charge in [-0.25, -0.2) is 13.2 Å². The third-order valence-electron chi connectivity index (χ3n) is 10.1. The van der Waals surface area contributed by atoms with E-state index >= 15 is 0 Å². The molecule has 292 valence electrons. The minimum Gasteiger partial charge on any atom is -0.494 e. The van der Waals surface area contributed by atoms with Crippen molar-refractivity contribution in [1.29, 1.82) is 0 Å².